The number of fused-ring (bicyclic) bond motifs is 5. The second kappa shape index (κ2) is 6.37. The Morgan fingerprint density at radius 1 is 1.17 bits per heavy atom. The predicted molar refractivity (Wildman–Crippen MR) is 113 cm³/mol. The zero-order valence-electron chi connectivity index (χ0n) is 16.7. The van der Waals surface area contributed by atoms with Gasteiger partial charge in [0.25, 0.3) is 11.5 Å². The van der Waals surface area contributed by atoms with Crippen molar-refractivity contribution in [2.75, 3.05) is 23.7 Å². The van der Waals surface area contributed by atoms with Crippen molar-refractivity contribution in [1.82, 2.24) is 9.78 Å². The Bertz CT molecular complexity index is 1230. The molecule has 2 aromatic carbocycles. The summed E-state index contributed by atoms with van der Waals surface area (Å²) < 4.78 is 8.09. The Kier molecular flexibility index (Phi) is 3.73. The van der Waals surface area contributed by atoms with Gasteiger partial charge in [-0.05, 0) is 25.1 Å². The first-order valence-corrected chi connectivity index (χ1v) is 10.5. The summed E-state index contributed by atoms with van der Waals surface area (Å²) in [6, 6.07) is 11.1. The maximum Gasteiger partial charge on any atom is 0.274 e. The van der Waals surface area contributed by atoms with E-state index in [4.69, 9.17) is 4.74 Å². The van der Waals surface area contributed by atoms with Crippen molar-refractivity contribution < 1.29 is 14.4 Å². The molecule has 1 saturated heterocycles. The third-order valence-electron chi connectivity index (χ3n) is 6.72. The van der Waals surface area contributed by atoms with Crippen LogP contribution in [-0.2, 0) is 11.3 Å². The summed E-state index contributed by atoms with van der Waals surface area (Å²) in [6.45, 7) is 4.57. The van der Waals surface area contributed by atoms with Crippen molar-refractivity contribution in [3.8, 4) is 5.75 Å². The van der Waals surface area contributed by atoms with Crippen LogP contribution in [0.1, 0.15) is 24.9 Å². The van der Waals surface area contributed by atoms with Crippen molar-refractivity contribution >= 4 is 28.2 Å². The van der Waals surface area contributed by atoms with Gasteiger partial charge in [-0.25, -0.2) is 4.68 Å². The smallest absolute Gasteiger partial charge is 0.274 e. The average molecular weight is 406 g/mol. The number of hydrogen-bond acceptors (Lipinski definition) is 4. The topological polar surface area (TPSA) is 92.6 Å². The van der Waals surface area contributed by atoms with E-state index in [1.807, 2.05) is 36.4 Å². The molecule has 0 saturated carbocycles. The largest absolute Gasteiger partial charge is 0.482 e. The van der Waals surface area contributed by atoms with Gasteiger partial charge in [0.2, 0.25) is 0 Å². The maximum absolute atomic E-state index is 13.0. The van der Waals surface area contributed by atoms with E-state index >= 15 is 0 Å². The van der Waals surface area contributed by atoms with E-state index in [1.54, 1.807) is 4.68 Å². The molecule has 2 unspecified atom stereocenters. The first-order valence-electron chi connectivity index (χ1n) is 10.5. The van der Waals surface area contributed by atoms with Crippen LogP contribution in [0.5, 0.6) is 5.75 Å². The van der Waals surface area contributed by atoms with E-state index in [-0.39, 0.29) is 17.6 Å². The number of para-hydroxylation sites is 2. The molecular formula is C22H24N5O3+. The fraction of sp³-hybridized carbons (Fsp3) is 0.364. The molecule has 0 aliphatic carbocycles. The minimum atomic E-state index is -0.620. The molecule has 6 bridgehead atoms. The van der Waals surface area contributed by atoms with Crippen molar-refractivity contribution in [1.29, 1.82) is 0 Å². The highest BCUT2D eigenvalue weighted by Gasteiger charge is 2.37. The normalized spacial score (nSPS) is 27.3. The Morgan fingerprint density at radius 3 is 2.93 bits per heavy atom. The minimum absolute atomic E-state index is 0.0434. The molecule has 1 aromatic heterocycles. The molecule has 4 heterocycles. The third kappa shape index (κ3) is 2.56. The molecule has 154 valence electrons. The SMILES string of the molecule is C[C@@H]1C[C@H]2C[NH+]1CCn1[nH]c3c(cccc3c1=O)C1Nc3c(cccc3O2)NC1=O. The maximum atomic E-state index is 13.0. The molecule has 30 heavy (non-hydrogen) atoms. The van der Waals surface area contributed by atoms with E-state index in [2.05, 4.69) is 22.7 Å². The first-order chi connectivity index (χ1) is 14.6. The fourth-order valence-electron chi connectivity index (χ4n) is 5.13. The summed E-state index contributed by atoms with van der Waals surface area (Å²) in [5.41, 5.74) is 2.92. The van der Waals surface area contributed by atoms with Gasteiger partial charge in [0.1, 0.15) is 24.0 Å². The molecule has 1 amide bonds. The molecule has 8 heteroatoms. The molecule has 4 N–H and O–H groups in total. The van der Waals surface area contributed by atoms with Gasteiger partial charge in [-0.3, -0.25) is 14.7 Å². The lowest BCUT2D eigenvalue weighted by atomic mass is 10.00. The predicted octanol–water partition coefficient (Wildman–Crippen LogP) is 0.873. The van der Waals surface area contributed by atoms with Crippen LogP contribution >= 0.6 is 0 Å². The monoisotopic (exact) mass is 406 g/mol. The number of H-pyrrole nitrogens is 1. The van der Waals surface area contributed by atoms with Crippen LogP contribution in [-0.4, -0.2) is 40.9 Å². The van der Waals surface area contributed by atoms with Crippen molar-refractivity contribution in [3.63, 3.8) is 0 Å². The number of anilines is 2. The molecule has 0 radical (unpaired) electrons. The van der Waals surface area contributed by atoms with E-state index in [9.17, 15) is 9.59 Å². The van der Waals surface area contributed by atoms with Gasteiger partial charge in [0.05, 0.1) is 35.7 Å². The number of aromatic amines is 1. The molecule has 6 rings (SSSR count). The zero-order chi connectivity index (χ0) is 20.4. The van der Waals surface area contributed by atoms with Crippen molar-refractivity contribution in [3.05, 3.63) is 52.3 Å². The summed E-state index contributed by atoms with van der Waals surface area (Å²) in [4.78, 5) is 27.4. The van der Waals surface area contributed by atoms with Gasteiger partial charge >= 0.3 is 0 Å². The Hall–Kier alpha value is -3.26. The number of nitrogens with one attached hydrogen (secondary N) is 4. The Labute approximate surface area is 172 Å². The second-order valence-corrected chi connectivity index (χ2v) is 8.57. The number of quaternary nitrogens is 1. The molecule has 8 nitrogen and oxygen atoms in total. The van der Waals surface area contributed by atoms with E-state index in [0.717, 1.165) is 36.5 Å². The highest BCUT2D eigenvalue weighted by atomic mass is 16.5. The number of nitrogens with zero attached hydrogens (tertiary/aromatic N) is 1. The summed E-state index contributed by atoms with van der Waals surface area (Å²) in [6.07, 6.45) is 1.06. The van der Waals surface area contributed by atoms with Crippen molar-refractivity contribution in [2.24, 2.45) is 0 Å². The number of hydrogen-bond donors (Lipinski definition) is 4. The summed E-state index contributed by atoms with van der Waals surface area (Å²) in [7, 11) is 0. The summed E-state index contributed by atoms with van der Waals surface area (Å²) in [5.74, 6) is 0.601. The minimum Gasteiger partial charge on any atom is -0.482 e. The Morgan fingerprint density at radius 2 is 2.03 bits per heavy atom. The lowest BCUT2D eigenvalue weighted by Crippen LogP contribution is -3.14. The fourth-order valence-corrected chi connectivity index (χ4v) is 5.13. The molecule has 3 aliphatic heterocycles. The molecule has 4 atom stereocenters. The highest BCUT2D eigenvalue weighted by Crippen LogP contribution is 2.40. The number of aromatic nitrogens is 2. The summed E-state index contributed by atoms with van der Waals surface area (Å²) >= 11 is 0. The van der Waals surface area contributed by atoms with Gasteiger partial charge in [0, 0.05) is 12.0 Å². The van der Waals surface area contributed by atoms with Crippen LogP contribution in [0, 0.1) is 0 Å². The van der Waals surface area contributed by atoms with Crippen LogP contribution in [0.4, 0.5) is 11.4 Å². The average Bonchev–Trinajstić information content (AvgIpc) is 3.25. The van der Waals surface area contributed by atoms with E-state index < -0.39 is 6.04 Å². The summed E-state index contributed by atoms with van der Waals surface area (Å²) in [5, 5.41) is 10.3. The van der Waals surface area contributed by atoms with Crippen LogP contribution in [0.25, 0.3) is 10.9 Å². The number of benzene rings is 2. The van der Waals surface area contributed by atoms with Gasteiger partial charge in [-0.15, -0.1) is 0 Å². The van der Waals surface area contributed by atoms with E-state index in [0.29, 0.717) is 29.2 Å². The number of ether oxygens (including phenoxy) is 1. The van der Waals surface area contributed by atoms with Gasteiger partial charge < -0.3 is 20.3 Å². The van der Waals surface area contributed by atoms with Crippen LogP contribution in [0.15, 0.2) is 41.2 Å². The van der Waals surface area contributed by atoms with E-state index in [1.165, 1.54) is 4.90 Å². The Balaban J connectivity index is 1.56. The van der Waals surface area contributed by atoms with Crippen LogP contribution in [0.2, 0.25) is 0 Å². The number of rotatable bonds is 0. The third-order valence-corrected chi connectivity index (χ3v) is 6.72. The molecular weight excluding hydrogens is 382 g/mol. The zero-order valence-corrected chi connectivity index (χ0v) is 16.7. The van der Waals surface area contributed by atoms with Crippen LogP contribution in [0.3, 0.4) is 0 Å². The van der Waals surface area contributed by atoms with Gasteiger partial charge in [0.15, 0.2) is 6.10 Å². The molecule has 0 spiro atoms. The van der Waals surface area contributed by atoms with Crippen LogP contribution < -0.4 is 25.8 Å². The first kappa shape index (κ1) is 17.6. The number of carbonyl (C=O) groups excluding carboxylic acids is 1. The van der Waals surface area contributed by atoms with Crippen molar-refractivity contribution in [2.45, 2.75) is 38.1 Å². The molecule has 3 aromatic rings. The number of amides is 1. The lowest BCUT2D eigenvalue weighted by molar-refractivity contribution is -0.912. The number of carbonyl (C=O) groups is 1. The molecule has 3 aliphatic rings. The van der Waals surface area contributed by atoms with Gasteiger partial charge in [-0.2, -0.15) is 0 Å². The molecule has 1 fully saturated rings. The standard InChI is InChI=1S/C22H23N5O3/c1-12-10-13-11-26(12)8-9-27-22(29)15-5-2-4-14(18(15)25-27)19-21(28)23-16-6-3-7-17(30-13)20(16)24-19/h2-7,12-13,19,24-25H,8-11H2,1H3,(H,23,28)/p+1/t12-,13+,19?/m1/s1. The second-order valence-electron chi connectivity index (χ2n) is 8.57. The lowest BCUT2D eigenvalue weighted by Gasteiger charge is -2.29. The van der Waals surface area contributed by atoms with Gasteiger partial charge in [-0.1, -0.05) is 18.2 Å². The quantitative estimate of drug-likeness (QED) is 0.446. The highest BCUT2D eigenvalue weighted by molar-refractivity contribution is 6.06.